The van der Waals surface area contributed by atoms with E-state index in [4.69, 9.17) is 24.7 Å². The molecular formula is C41H54F3N7O8SSi. The number of nitrogens with zero attached hydrogens (tertiary/aromatic N) is 4. The number of pyridine rings is 1. The SMILES string of the molecule is CC(Oc1cc(-c2nn(COCC[Si](C)(C)C)c(Nc3ccc(OC4CCN(CC(=O)OC(C)(C)C)CC4)cn3)c2C(N)=O)ccc1NS(=O)(=O)C(F)F)c1ccc(F)cc1. The monoisotopic (exact) mass is 889 g/mol. The van der Waals surface area contributed by atoms with E-state index in [0.717, 1.165) is 6.04 Å². The molecule has 1 fully saturated rings. The molecule has 4 N–H and O–H groups in total. The highest BCUT2D eigenvalue weighted by atomic mass is 32.2. The molecule has 2 aromatic carbocycles. The van der Waals surface area contributed by atoms with E-state index >= 15 is 0 Å². The Balaban J connectivity index is 1.42. The van der Waals surface area contributed by atoms with Gasteiger partial charge in [0, 0.05) is 33.3 Å². The van der Waals surface area contributed by atoms with E-state index in [-0.39, 0.29) is 59.4 Å². The van der Waals surface area contributed by atoms with Gasteiger partial charge >= 0.3 is 11.7 Å². The molecule has 1 aliphatic rings. The number of sulfonamides is 1. The summed E-state index contributed by atoms with van der Waals surface area (Å²) >= 11 is 0. The number of nitrogens with two attached hydrogens (primary N) is 1. The van der Waals surface area contributed by atoms with Gasteiger partial charge in [0.1, 0.15) is 64.7 Å². The topological polar surface area (TPSA) is 189 Å². The van der Waals surface area contributed by atoms with Crippen molar-refractivity contribution in [2.75, 3.05) is 36.3 Å². The van der Waals surface area contributed by atoms with Crippen LogP contribution in [0.1, 0.15) is 62.6 Å². The summed E-state index contributed by atoms with van der Waals surface area (Å²) in [5.74, 6) is -4.61. The van der Waals surface area contributed by atoms with Crippen LogP contribution in [0.4, 0.5) is 30.5 Å². The number of halogens is 3. The van der Waals surface area contributed by atoms with Crippen molar-refractivity contribution in [3.8, 4) is 22.8 Å². The quantitative estimate of drug-likeness (QED) is 0.0478. The summed E-state index contributed by atoms with van der Waals surface area (Å²) < 4.78 is 92.2. The fourth-order valence-electron chi connectivity index (χ4n) is 6.27. The number of nitrogens with one attached hydrogen (secondary N) is 2. The molecule has 0 aliphatic carbocycles. The first-order chi connectivity index (χ1) is 28.6. The van der Waals surface area contributed by atoms with Crippen molar-refractivity contribution < 1.29 is 50.1 Å². The van der Waals surface area contributed by atoms with E-state index in [9.17, 15) is 31.2 Å². The maximum absolute atomic E-state index is 13.7. The lowest BCUT2D eigenvalue weighted by Gasteiger charge is -2.32. The molecule has 0 spiro atoms. The summed E-state index contributed by atoms with van der Waals surface area (Å²) in [5, 5.41) is 7.83. The van der Waals surface area contributed by atoms with Gasteiger partial charge in [-0.25, -0.2) is 22.5 Å². The molecule has 1 amide bonds. The van der Waals surface area contributed by atoms with Crippen LogP contribution < -0.4 is 25.2 Å². The summed E-state index contributed by atoms with van der Waals surface area (Å²) in [6, 6.07) is 13.5. The molecule has 5 rings (SSSR count). The molecular weight excluding hydrogens is 836 g/mol. The number of carbonyl (C=O) groups excluding carboxylic acids is 2. The number of hydrogen-bond donors (Lipinski definition) is 3. The Kier molecular flexibility index (Phi) is 15.1. The minimum Gasteiger partial charge on any atom is -0.489 e. The Bertz CT molecular complexity index is 2240. The van der Waals surface area contributed by atoms with Crippen LogP contribution in [0, 0.1) is 5.82 Å². The number of alkyl halides is 2. The number of amides is 1. The molecule has 2 aromatic heterocycles. The third-order valence-corrected chi connectivity index (χ3v) is 12.1. The van der Waals surface area contributed by atoms with Gasteiger partial charge in [-0.3, -0.25) is 19.2 Å². The van der Waals surface area contributed by atoms with Crippen molar-refractivity contribution in [2.45, 2.75) is 96.5 Å². The lowest BCUT2D eigenvalue weighted by Crippen LogP contribution is -2.42. The van der Waals surface area contributed by atoms with Crippen molar-refractivity contribution in [3.05, 3.63) is 77.7 Å². The van der Waals surface area contributed by atoms with Crippen LogP contribution in [0.3, 0.4) is 0 Å². The maximum Gasteiger partial charge on any atom is 0.355 e. The number of rotatable bonds is 19. The molecule has 1 unspecified atom stereocenters. The average Bonchev–Trinajstić information content (AvgIpc) is 3.52. The number of aromatic nitrogens is 3. The van der Waals surface area contributed by atoms with Crippen LogP contribution in [0.25, 0.3) is 11.3 Å². The van der Waals surface area contributed by atoms with Crippen LogP contribution >= 0.6 is 0 Å². The molecule has 0 bridgehead atoms. The molecule has 15 nitrogen and oxygen atoms in total. The molecule has 0 saturated carbocycles. The third kappa shape index (κ3) is 13.7. The average molecular weight is 890 g/mol. The van der Waals surface area contributed by atoms with Crippen LogP contribution in [-0.2, 0) is 31.0 Å². The largest absolute Gasteiger partial charge is 0.489 e. The fourth-order valence-corrected chi connectivity index (χ4v) is 7.59. The molecule has 332 valence electrons. The number of ether oxygens (including phenoxy) is 4. The molecule has 1 atom stereocenters. The second-order valence-electron chi connectivity index (χ2n) is 16.9. The molecule has 61 heavy (non-hydrogen) atoms. The van der Waals surface area contributed by atoms with Gasteiger partial charge in [-0.2, -0.15) is 13.9 Å². The molecule has 3 heterocycles. The Morgan fingerprint density at radius 1 is 1.03 bits per heavy atom. The van der Waals surface area contributed by atoms with Gasteiger partial charge in [0.15, 0.2) is 0 Å². The number of likely N-dealkylation sites (tertiary alicyclic amines) is 1. The summed E-state index contributed by atoms with van der Waals surface area (Å²) in [5.41, 5.74) is 5.82. The van der Waals surface area contributed by atoms with Crippen LogP contribution in [-0.4, -0.2) is 91.7 Å². The molecule has 4 aromatic rings. The van der Waals surface area contributed by atoms with Crippen LogP contribution in [0.5, 0.6) is 11.5 Å². The van der Waals surface area contributed by atoms with Gasteiger partial charge in [0.2, 0.25) is 0 Å². The minimum absolute atomic E-state index is 0.0457. The fraction of sp³-hybridized carbons (Fsp3) is 0.463. The Hall–Kier alpha value is -5.18. The van der Waals surface area contributed by atoms with E-state index in [0.29, 0.717) is 49.7 Å². The number of anilines is 3. The first-order valence-corrected chi connectivity index (χ1v) is 25.0. The summed E-state index contributed by atoms with van der Waals surface area (Å²) in [7, 11) is -6.61. The van der Waals surface area contributed by atoms with Crippen molar-refractivity contribution in [1.29, 1.82) is 0 Å². The van der Waals surface area contributed by atoms with E-state index in [2.05, 4.69) is 35.0 Å². The normalized spacial score (nSPS) is 14.7. The summed E-state index contributed by atoms with van der Waals surface area (Å²) in [6.45, 7) is 15.6. The second kappa shape index (κ2) is 19.7. The third-order valence-electron chi connectivity index (χ3n) is 9.39. The number of hydrogen-bond acceptors (Lipinski definition) is 12. The molecule has 1 aliphatic heterocycles. The highest BCUT2D eigenvalue weighted by Crippen LogP contribution is 2.38. The van der Waals surface area contributed by atoms with Gasteiger partial charge in [-0.1, -0.05) is 37.8 Å². The smallest absolute Gasteiger partial charge is 0.355 e. The maximum atomic E-state index is 13.7. The predicted molar refractivity (Wildman–Crippen MR) is 228 cm³/mol. The second-order valence-corrected chi connectivity index (χ2v) is 24.2. The lowest BCUT2D eigenvalue weighted by atomic mass is 10.1. The summed E-state index contributed by atoms with van der Waals surface area (Å²) in [6.07, 6.45) is 2.02. The Labute approximate surface area is 355 Å². The zero-order chi connectivity index (χ0) is 44.7. The van der Waals surface area contributed by atoms with E-state index in [1.165, 1.54) is 53.3 Å². The Morgan fingerprint density at radius 2 is 1.72 bits per heavy atom. The first-order valence-electron chi connectivity index (χ1n) is 19.8. The van der Waals surface area contributed by atoms with Crippen molar-refractivity contribution in [2.24, 2.45) is 5.73 Å². The Morgan fingerprint density at radius 3 is 2.31 bits per heavy atom. The zero-order valence-corrected chi connectivity index (χ0v) is 37.2. The van der Waals surface area contributed by atoms with E-state index in [1.54, 1.807) is 19.1 Å². The zero-order valence-electron chi connectivity index (χ0n) is 35.3. The molecule has 1 saturated heterocycles. The standard InChI is InChI=1S/C41H54F3N7O8SSi/c1-26(27-8-11-29(42)12-9-27)57-33-22-28(10-14-32(33)49-60(54,55)40(43)44)37-36(38(45)53)39(51(48-37)25-56-20-21-61(5,6)7)47-34-15-13-31(23-46-34)58-30-16-18-50(19-17-30)24-35(52)59-41(2,3)4/h8-15,22-23,26,30,40,49H,16-21,24-25H2,1-7H3,(H2,45,53)(H,46,47). The highest BCUT2D eigenvalue weighted by molar-refractivity contribution is 7.93. The minimum atomic E-state index is -5.13. The van der Waals surface area contributed by atoms with Crippen molar-refractivity contribution in [1.82, 2.24) is 19.7 Å². The van der Waals surface area contributed by atoms with Gasteiger partial charge in [0.05, 0.1) is 18.4 Å². The van der Waals surface area contributed by atoms with Gasteiger partial charge < -0.3 is 30.0 Å². The van der Waals surface area contributed by atoms with Gasteiger partial charge in [-0.15, -0.1) is 0 Å². The predicted octanol–water partition coefficient (Wildman–Crippen LogP) is 7.53. The summed E-state index contributed by atoms with van der Waals surface area (Å²) in [4.78, 5) is 32.1. The van der Waals surface area contributed by atoms with Gasteiger partial charge in [0.25, 0.3) is 15.9 Å². The van der Waals surface area contributed by atoms with E-state index in [1.807, 2.05) is 30.4 Å². The lowest BCUT2D eigenvalue weighted by molar-refractivity contribution is -0.156. The first kappa shape index (κ1) is 46.9. The number of benzene rings is 2. The highest BCUT2D eigenvalue weighted by Gasteiger charge is 2.29. The van der Waals surface area contributed by atoms with E-state index < -0.39 is 47.3 Å². The van der Waals surface area contributed by atoms with Gasteiger partial charge in [-0.05, 0) is 88.5 Å². The number of esters is 1. The van der Waals surface area contributed by atoms with Crippen LogP contribution in [0.15, 0.2) is 60.8 Å². The van der Waals surface area contributed by atoms with Crippen LogP contribution in [0.2, 0.25) is 25.7 Å². The number of piperidine rings is 1. The molecule has 20 heteroatoms. The van der Waals surface area contributed by atoms with Crippen molar-refractivity contribution in [3.63, 3.8) is 0 Å². The number of primary amides is 1. The number of carbonyl (C=O) groups is 2. The molecule has 0 radical (unpaired) electrons. The van der Waals surface area contributed by atoms with Crippen molar-refractivity contribution >= 4 is 47.3 Å².